The van der Waals surface area contributed by atoms with Crippen molar-refractivity contribution in [1.82, 2.24) is 4.90 Å². The second-order valence-electron chi connectivity index (χ2n) is 10.6. The molecule has 2 aromatic rings. The molecule has 0 saturated carbocycles. The first-order valence-corrected chi connectivity index (χ1v) is 13.9. The number of hydrogen-bond acceptors (Lipinski definition) is 3. The fourth-order valence-electron chi connectivity index (χ4n) is 4.72. The van der Waals surface area contributed by atoms with Crippen molar-refractivity contribution < 1.29 is 8.78 Å². The molecule has 216 valence electrons. The predicted molar refractivity (Wildman–Crippen MR) is 170 cm³/mol. The lowest BCUT2D eigenvalue weighted by Gasteiger charge is -2.28. The van der Waals surface area contributed by atoms with Gasteiger partial charge in [0.25, 0.3) is 5.92 Å². The maximum atomic E-state index is 13.7. The number of benzene rings is 2. The van der Waals surface area contributed by atoms with Gasteiger partial charge in [0.05, 0.1) is 6.07 Å². The van der Waals surface area contributed by atoms with Crippen molar-refractivity contribution in [3.8, 4) is 6.07 Å². The zero-order chi connectivity index (χ0) is 30.7. The first-order valence-electron chi connectivity index (χ1n) is 13.9. The van der Waals surface area contributed by atoms with Crippen molar-refractivity contribution in [2.75, 3.05) is 14.1 Å². The van der Waals surface area contributed by atoms with E-state index in [-0.39, 0.29) is 11.5 Å². The Labute approximate surface area is 245 Å². The summed E-state index contributed by atoms with van der Waals surface area (Å²) in [5.74, 6) is -2.73. The number of aryl methyl sites for hydroxylation is 1. The van der Waals surface area contributed by atoms with Gasteiger partial charge in [-0.2, -0.15) is 5.26 Å². The summed E-state index contributed by atoms with van der Waals surface area (Å²) >= 11 is 0. The van der Waals surface area contributed by atoms with Crippen LogP contribution in [0.3, 0.4) is 0 Å². The third-order valence-corrected chi connectivity index (χ3v) is 7.23. The van der Waals surface area contributed by atoms with Crippen molar-refractivity contribution in [1.29, 1.82) is 5.26 Å². The first-order chi connectivity index (χ1) is 19.4. The minimum atomic E-state index is -2.85. The number of halogens is 2. The van der Waals surface area contributed by atoms with Gasteiger partial charge < -0.3 is 4.90 Å². The normalized spacial score (nSPS) is 16.4. The Hall–Kier alpha value is -4.04. The predicted octanol–water partition coefficient (Wildman–Crippen LogP) is 9.60. The summed E-state index contributed by atoms with van der Waals surface area (Å²) in [5.41, 5.74) is 9.48. The minimum Gasteiger partial charge on any atom is -0.374 e. The number of rotatable bonds is 8. The first kappa shape index (κ1) is 33.2. The molecule has 0 saturated heterocycles. The average Bonchev–Trinajstić information content (AvgIpc) is 2.93. The topological polar surface area (TPSA) is 39.4 Å². The monoisotopic (exact) mass is 555 g/mol. The molecular weight excluding hydrogens is 512 g/mol. The number of nitrogens with zero attached hydrogens (tertiary/aromatic N) is 3. The van der Waals surface area contributed by atoms with Crippen LogP contribution in [0.2, 0.25) is 0 Å². The maximum absolute atomic E-state index is 13.7. The summed E-state index contributed by atoms with van der Waals surface area (Å²) in [6, 6.07) is 17.3. The van der Waals surface area contributed by atoms with Crippen LogP contribution in [0.25, 0.3) is 5.57 Å². The van der Waals surface area contributed by atoms with Gasteiger partial charge in [0, 0.05) is 56.2 Å². The maximum Gasteiger partial charge on any atom is 0.270 e. The van der Waals surface area contributed by atoms with E-state index in [1.54, 1.807) is 25.3 Å². The Morgan fingerprint density at radius 1 is 1.12 bits per heavy atom. The van der Waals surface area contributed by atoms with Crippen LogP contribution in [0.1, 0.15) is 63.3 Å². The molecule has 0 aromatic heterocycles. The summed E-state index contributed by atoms with van der Waals surface area (Å²) in [7, 11) is 3.79. The van der Waals surface area contributed by atoms with Gasteiger partial charge in [-0.1, -0.05) is 73.2 Å². The van der Waals surface area contributed by atoms with Crippen LogP contribution in [0.5, 0.6) is 0 Å². The Morgan fingerprint density at radius 2 is 1.71 bits per heavy atom. The van der Waals surface area contributed by atoms with Gasteiger partial charge in [-0.15, -0.1) is 6.58 Å². The smallest absolute Gasteiger partial charge is 0.270 e. The lowest BCUT2D eigenvalue weighted by Crippen LogP contribution is -2.18. The van der Waals surface area contributed by atoms with Crippen LogP contribution in [0, 0.1) is 24.2 Å². The van der Waals surface area contributed by atoms with E-state index in [1.165, 1.54) is 17.7 Å². The third kappa shape index (κ3) is 8.98. The van der Waals surface area contributed by atoms with Crippen molar-refractivity contribution in [2.45, 2.75) is 60.4 Å². The third-order valence-electron chi connectivity index (χ3n) is 7.23. The largest absolute Gasteiger partial charge is 0.374 e. The summed E-state index contributed by atoms with van der Waals surface area (Å²) in [6.45, 7) is 15.1. The molecule has 1 atom stereocenters. The van der Waals surface area contributed by atoms with Crippen molar-refractivity contribution in [3.05, 3.63) is 124 Å². The molecule has 41 heavy (non-hydrogen) atoms. The highest BCUT2D eigenvalue weighted by molar-refractivity contribution is 6.13. The molecule has 0 N–H and O–H groups in total. The van der Waals surface area contributed by atoms with E-state index in [9.17, 15) is 14.0 Å². The number of nitriles is 1. The summed E-state index contributed by atoms with van der Waals surface area (Å²) in [6.07, 6.45) is 8.40. The molecule has 1 aliphatic carbocycles. The van der Waals surface area contributed by atoms with Crippen molar-refractivity contribution in [3.63, 3.8) is 0 Å². The quantitative estimate of drug-likeness (QED) is 0.185. The van der Waals surface area contributed by atoms with E-state index in [0.29, 0.717) is 6.54 Å². The highest BCUT2D eigenvalue weighted by atomic mass is 19.3. The molecule has 0 amide bonds. The zero-order valence-electron chi connectivity index (χ0n) is 25.7. The van der Waals surface area contributed by atoms with Crippen LogP contribution in [-0.4, -0.2) is 25.2 Å². The molecule has 1 aliphatic rings. The molecule has 1 unspecified atom stereocenters. The van der Waals surface area contributed by atoms with E-state index in [2.05, 4.69) is 80.6 Å². The molecular formula is C36H43F2N3. The molecule has 0 spiro atoms. The van der Waals surface area contributed by atoms with Gasteiger partial charge in [0.2, 0.25) is 0 Å². The van der Waals surface area contributed by atoms with E-state index in [0.717, 1.165) is 58.0 Å². The molecule has 0 heterocycles. The van der Waals surface area contributed by atoms with E-state index < -0.39 is 5.92 Å². The van der Waals surface area contributed by atoms with Crippen LogP contribution < -0.4 is 0 Å². The molecule has 3 nitrogen and oxygen atoms in total. The molecule has 0 aliphatic heterocycles. The standard InChI is InChI=1S/C33H37F2N3.C3H6/c1-22-8-12-27(13-9-22)31(20-37-6)32(28-14-15-29(19-36)23(2)18-28)24(3)25(4)38(7)21-26-10-16-30(17-11-26)33(5,34)35;1-3-2/h8-17,20,23H,18,21H2,1-7H3;3H,1H2,2H3/b25-24+,32-31-,37-20?;. The van der Waals surface area contributed by atoms with Crippen LogP contribution in [-0.2, 0) is 12.5 Å². The minimum absolute atomic E-state index is 0.0160. The molecule has 0 fully saturated rings. The molecule has 2 aromatic carbocycles. The highest BCUT2D eigenvalue weighted by Gasteiger charge is 2.24. The summed E-state index contributed by atoms with van der Waals surface area (Å²) < 4.78 is 27.3. The van der Waals surface area contributed by atoms with Gasteiger partial charge >= 0.3 is 0 Å². The van der Waals surface area contributed by atoms with E-state index >= 15 is 0 Å². The van der Waals surface area contributed by atoms with Crippen molar-refractivity contribution in [2.24, 2.45) is 10.9 Å². The van der Waals surface area contributed by atoms with Gasteiger partial charge in [-0.25, -0.2) is 8.78 Å². The number of hydrogen-bond donors (Lipinski definition) is 0. The molecule has 3 rings (SSSR count). The lowest BCUT2D eigenvalue weighted by atomic mass is 9.80. The fourth-order valence-corrected chi connectivity index (χ4v) is 4.72. The molecule has 0 radical (unpaired) electrons. The Morgan fingerprint density at radius 3 is 2.20 bits per heavy atom. The van der Waals surface area contributed by atoms with E-state index in [4.69, 9.17) is 0 Å². The summed E-state index contributed by atoms with van der Waals surface area (Å²) in [5, 5.41) is 9.52. The SMILES string of the molecule is C=CC.CN=C/C(=C(C1=CC=C(C#N)C(C)C1)\C(C)=C(/C)N(C)Cc1ccc(C(C)(F)F)cc1)c1ccc(C)cc1. The fraction of sp³-hybridized carbons (Fsp3) is 0.333. The van der Waals surface area contributed by atoms with Crippen LogP contribution in [0.4, 0.5) is 8.78 Å². The second-order valence-corrected chi connectivity index (χ2v) is 10.6. The van der Waals surface area contributed by atoms with Gasteiger partial charge in [0.15, 0.2) is 0 Å². The molecule has 0 bridgehead atoms. The van der Waals surface area contributed by atoms with E-state index in [1.807, 2.05) is 26.3 Å². The van der Waals surface area contributed by atoms with Crippen LogP contribution in [0.15, 0.2) is 106 Å². The Kier molecular flexibility index (Phi) is 12.2. The second kappa shape index (κ2) is 15.1. The highest BCUT2D eigenvalue weighted by Crippen LogP contribution is 2.38. The molecule has 5 heteroatoms. The number of aliphatic imine (C=N–C) groups is 1. The van der Waals surface area contributed by atoms with Gasteiger partial charge in [-0.05, 0) is 74.0 Å². The van der Waals surface area contributed by atoms with Crippen molar-refractivity contribution >= 4 is 11.8 Å². The van der Waals surface area contributed by atoms with Gasteiger partial charge in [-0.3, -0.25) is 4.99 Å². The Bertz CT molecular complexity index is 1390. The summed E-state index contributed by atoms with van der Waals surface area (Å²) in [4.78, 5) is 6.55. The van der Waals surface area contributed by atoms with Crippen LogP contribution >= 0.6 is 0 Å². The van der Waals surface area contributed by atoms with Gasteiger partial charge in [0.1, 0.15) is 0 Å². The number of allylic oxidation sites excluding steroid dienone is 9. The lowest BCUT2D eigenvalue weighted by molar-refractivity contribution is 0.0174. The number of alkyl halides is 2. The Balaban J connectivity index is 0.00000187. The average molecular weight is 556 g/mol. The zero-order valence-corrected chi connectivity index (χ0v) is 25.7.